The maximum Gasteiger partial charge on any atom is 0.120 e. The van der Waals surface area contributed by atoms with Crippen molar-refractivity contribution in [1.82, 2.24) is 0 Å². The van der Waals surface area contributed by atoms with E-state index in [0.29, 0.717) is 11.0 Å². The van der Waals surface area contributed by atoms with Gasteiger partial charge in [-0.3, -0.25) is 0 Å². The number of unbranched alkanes of at least 4 members (excludes halogenated alkanes) is 3. The minimum absolute atomic E-state index is 0.395. The van der Waals surface area contributed by atoms with Crippen molar-refractivity contribution in [2.75, 3.05) is 12.4 Å². The molecule has 0 aliphatic carbocycles. The number of hydrogen-bond donors (Lipinski definition) is 2. The summed E-state index contributed by atoms with van der Waals surface area (Å²) in [5.74, 6) is 0.811. The normalized spacial score (nSPS) is 11.9. The quantitative estimate of drug-likeness (QED) is 0.532. The van der Waals surface area contributed by atoms with Crippen molar-refractivity contribution in [3.05, 3.63) is 23.8 Å². The fourth-order valence-electron chi connectivity index (χ4n) is 2.20. The predicted molar refractivity (Wildman–Crippen MR) is 90.7 cm³/mol. The molecule has 1 unspecified atom stereocenters. The smallest absolute Gasteiger partial charge is 0.120 e. The number of ether oxygens (including phenoxy) is 1. The summed E-state index contributed by atoms with van der Waals surface area (Å²) in [5.41, 5.74) is 7.61. The lowest BCUT2D eigenvalue weighted by atomic mass is 10.1. The number of methoxy groups -OCH3 is 1. The summed E-state index contributed by atoms with van der Waals surface area (Å²) in [6, 6.07) is 6.14. The van der Waals surface area contributed by atoms with Gasteiger partial charge in [-0.2, -0.15) is 0 Å². The van der Waals surface area contributed by atoms with Gasteiger partial charge in [-0.25, -0.2) is 0 Å². The topological polar surface area (TPSA) is 47.3 Å². The molecule has 0 amide bonds. The Kier molecular flexibility index (Phi) is 7.37. The maximum absolute atomic E-state index is 5.77. The maximum atomic E-state index is 5.77. The zero-order valence-corrected chi connectivity index (χ0v) is 13.6. The Morgan fingerprint density at radius 3 is 2.70 bits per heavy atom. The molecule has 1 rings (SSSR count). The zero-order chi connectivity index (χ0) is 15.0. The van der Waals surface area contributed by atoms with Crippen LogP contribution in [0.5, 0.6) is 5.75 Å². The van der Waals surface area contributed by atoms with Crippen molar-refractivity contribution in [3.63, 3.8) is 0 Å². The second-order valence-electron chi connectivity index (χ2n) is 5.17. The number of nitrogens with two attached hydrogens (primary N) is 1. The van der Waals surface area contributed by atoms with Gasteiger partial charge in [-0.05, 0) is 25.5 Å². The van der Waals surface area contributed by atoms with Crippen LogP contribution in [0.2, 0.25) is 0 Å². The predicted octanol–water partition coefficient (Wildman–Crippen LogP) is 4.10. The molecule has 1 aromatic rings. The molecule has 0 radical (unpaired) electrons. The van der Waals surface area contributed by atoms with Crippen molar-refractivity contribution < 1.29 is 4.74 Å². The molecule has 0 saturated heterocycles. The van der Waals surface area contributed by atoms with E-state index in [2.05, 4.69) is 19.2 Å². The van der Waals surface area contributed by atoms with Crippen LogP contribution in [0.4, 0.5) is 5.69 Å². The molecule has 3 N–H and O–H groups in total. The Morgan fingerprint density at radius 1 is 1.35 bits per heavy atom. The third-order valence-electron chi connectivity index (χ3n) is 3.38. The minimum Gasteiger partial charge on any atom is -0.497 e. The third-order valence-corrected chi connectivity index (χ3v) is 3.60. The Morgan fingerprint density at radius 2 is 2.10 bits per heavy atom. The Hall–Kier alpha value is -1.29. The first-order valence-electron chi connectivity index (χ1n) is 7.32. The van der Waals surface area contributed by atoms with Crippen LogP contribution >= 0.6 is 12.2 Å². The molecule has 0 fully saturated rings. The largest absolute Gasteiger partial charge is 0.497 e. The van der Waals surface area contributed by atoms with E-state index in [1.807, 2.05) is 18.2 Å². The minimum atomic E-state index is 0.395. The first kappa shape index (κ1) is 16.8. The SMILES string of the molecule is CCCCCCC(C)Nc1cc(OC)ccc1C(N)=S. The Bertz CT molecular complexity index is 434. The summed E-state index contributed by atoms with van der Waals surface area (Å²) in [6.07, 6.45) is 6.26. The van der Waals surface area contributed by atoms with Crippen molar-refractivity contribution in [1.29, 1.82) is 0 Å². The summed E-state index contributed by atoms with van der Waals surface area (Å²) < 4.78 is 5.26. The number of anilines is 1. The van der Waals surface area contributed by atoms with Crippen molar-refractivity contribution in [2.45, 2.75) is 52.0 Å². The molecule has 0 aromatic heterocycles. The van der Waals surface area contributed by atoms with Crippen molar-refractivity contribution in [2.24, 2.45) is 5.73 Å². The Labute approximate surface area is 127 Å². The molecular weight excluding hydrogens is 268 g/mol. The molecule has 0 spiro atoms. The average Bonchev–Trinajstić information content (AvgIpc) is 2.43. The molecule has 20 heavy (non-hydrogen) atoms. The molecule has 0 aliphatic rings. The average molecular weight is 294 g/mol. The van der Waals surface area contributed by atoms with Gasteiger partial charge in [0.15, 0.2) is 0 Å². The molecule has 1 aromatic carbocycles. The molecule has 112 valence electrons. The second-order valence-corrected chi connectivity index (χ2v) is 5.61. The summed E-state index contributed by atoms with van der Waals surface area (Å²) >= 11 is 5.10. The van der Waals surface area contributed by atoms with Gasteiger partial charge in [0.05, 0.1) is 7.11 Å². The van der Waals surface area contributed by atoms with Crippen molar-refractivity contribution in [3.8, 4) is 5.75 Å². The molecule has 4 heteroatoms. The van der Waals surface area contributed by atoms with Gasteiger partial charge in [-0.1, -0.05) is 44.8 Å². The molecule has 0 aliphatic heterocycles. The lowest BCUT2D eigenvalue weighted by molar-refractivity contribution is 0.415. The van der Waals surface area contributed by atoms with Crippen LogP contribution < -0.4 is 15.8 Å². The van der Waals surface area contributed by atoms with E-state index >= 15 is 0 Å². The first-order chi connectivity index (χ1) is 9.58. The number of nitrogens with one attached hydrogen (secondary N) is 1. The van der Waals surface area contributed by atoms with Gasteiger partial charge in [0, 0.05) is 23.4 Å². The highest BCUT2D eigenvalue weighted by Gasteiger charge is 2.09. The lowest BCUT2D eigenvalue weighted by Crippen LogP contribution is -2.19. The standard InChI is InChI=1S/C16H26N2OS/c1-4-5-6-7-8-12(2)18-15-11-13(19-3)9-10-14(15)16(17)20/h9-12,18H,4-8H2,1-3H3,(H2,17,20). The van der Waals surface area contributed by atoms with Crippen LogP contribution in [0.15, 0.2) is 18.2 Å². The number of hydrogen-bond acceptors (Lipinski definition) is 3. The zero-order valence-electron chi connectivity index (χ0n) is 12.7. The molecule has 0 saturated carbocycles. The van der Waals surface area contributed by atoms with Crippen LogP contribution in [-0.2, 0) is 0 Å². The Balaban J connectivity index is 2.66. The second kappa shape index (κ2) is 8.80. The van der Waals surface area contributed by atoms with E-state index in [9.17, 15) is 0 Å². The molecule has 3 nitrogen and oxygen atoms in total. The third kappa shape index (κ3) is 5.37. The number of rotatable bonds is 9. The van der Waals surface area contributed by atoms with Crippen LogP contribution in [-0.4, -0.2) is 18.1 Å². The molecule has 0 heterocycles. The fourth-order valence-corrected chi connectivity index (χ4v) is 2.38. The number of thiocarbonyl (C=S) groups is 1. The monoisotopic (exact) mass is 294 g/mol. The lowest BCUT2D eigenvalue weighted by Gasteiger charge is -2.18. The highest BCUT2D eigenvalue weighted by molar-refractivity contribution is 7.80. The van der Waals surface area contributed by atoms with Gasteiger partial charge in [0.2, 0.25) is 0 Å². The van der Waals surface area contributed by atoms with E-state index in [0.717, 1.165) is 23.4 Å². The van der Waals surface area contributed by atoms with Gasteiger partial charge in [0.1, 0.15) is 10.7 Å². The molecule has 1 atom stereocenters. The summed E-state index contributed by atoms with van der Waals surface area (Å²) in [6.45, 7) is 4.42. The van der Waals surface area contributed by atoms with Gasteiger partial charge in [0.25, 0.3) is 0 Å². The van der Waals surface area contributed by atoms with Crippen molar-refractivity contribution >= 4 is 22.9 Å². The molecule has 0 bridgehead atoms. The van der Waals surface area contributed by atoms with Crippen LogP contribution in [0.1, 0.15) is 51.5 Å². The van der Waals surface area contributed by atoms with E-state index in [4.69, 9.17) is 22.7 Å². The fraction of sp³-hybridized carbons (Fsp3) is 0.562. The number of benzene rings is 1. The van der Waals surface area contributed by atoms with Crippen LogP contribution in [0.3, 0.4) is 0 Å². The first-order valence-corrected chi connectivity index (χ1v) is 7.73. The van der Waals surface area contributed by atoms with Crippen LogP contribution in [0, 0.1) is 0 Å². The van der Waals surface area contributed by atoms with Crippen LogP contribution in [0.25, 0.3) is 0 Å². The van der Waals surface area contributed by atoms with E-state index in [1.54, 1.807) is 7.11 Å². The molecular formula is C16H26N2OS. The van der Waals surface area contributed by atoms with Gasteiger partial charge >= 0.3 is 0 Å². The van der Waals surface area contributed by atoms with E-state index in [1.165, 1.54) is 25.7 Å². The van der Waals surface area contributed by atoms with E-state index in [-0.39, 0.29) is 0 Å². The van der Waals surface area contributed by atoms with Gasteiger partial charge in [-0.15, -0.1) is 0 Å². The van der Waals surface area contributed by atoms with Gasteiger partial charge < -0.3 is 15.8 Å². The summed E-state index contributed by atoms with van der Waals surface area (Å²) in [5, 5.41) is 3.50. The summed E-state index contributed by atoms with van der Waals surface area (Å²) in [4.78, 5) is 0.410. The highest BCUT2D eigenvalue weighted by Crippen LogP contribution is 2.24. The highest BCUT2D eigenvalue weighted by atomic mass is 32.1. The van der Waals surface area contributed by atoms with E-state index < -0.39 is 0 Å². The summed E-state index contributed by atoms with van der Waals surface area (Å²) in [7, 11) is 1.66.